The van der Waals surface area contributed by atoms with Crippen LogP contribution in [0.2, 0.25) is 5.02 Å². The molecule has 0 saturated heterocycles. The molecule has 2 N–H and O–H groups in total. The first-order chi connectivity index (χ1) is 10.4. The summed E-state index contributed by atoms with van der Waals surface area (Å²) >= 11 is 5.92. The van der Waals surface area contributed by atoms with Crippen LogP contribution in [0, 0.1) is 6.92 Å². The summed E-state index contributed by atoms with van der Waals surface area (Å²) in [6.07, 6.45) is 0. The molecule has 0 fully saturated rings. The SMILES string of the molecule is CNC(=O)Cn1nc(C)c2c(=O)c3cc(Cl)ccc3n(O)c21. The highest BCUT2D eigenvalue weighted by atomic mass is 35.5. The number of benzene rings is 1. The van der Waals surface area contributed by atoms with Gasteiger partial charge in [0.05, 0.1) is 22.0 Å². The number of nitrogens with one attached hydrogen (secondary N) is 1. The van der Waals surface area contributed by atoms with Crippen LogP contribution in [0.15, 0.2) is 23.0 Å². The third kappa shape index (κ3) is 2.01. The molecule has 0 unspecified atom stereocenters. The van der Waals surface area contributed by atoms with Gasteiger partial charge in [-0.2, -0.15) is 9.83 Å². The van der Waals surface area contributed by atoms with E-state index in [4.69, 9.17) is 11.6 Å². The van der Waals surface area contributed by atoms with E-state index in [1.807, 2.05) is 0 Å². The van der Waals surface area contributed by atoms with Crippen LogP contribution in [-0.2, 0) is 11.3 Å². The first-order valence-electron chi connectivity index (χ1n) is 6.55. The predicted octanol–water partition coefficient (Wildman–Crippen LogP) is 1.30. The number of hydrogen-bond donors (Lipinski definition) is 2. The van der Waals surface area contributed by atoms with Crippen LogP contribution in [0.3, 0.4) is 0 Å². The van der Waals surface area contributed by atoms with Gasteiger partial charge in [0.25, 0.3) is 0 Å². The molecule has 0 aliphatic carbocycles. The molecule has 2 heterocycles. The summed E-state index contributed by atoms with van der Waals surface area (Å²) < 4.78 is 2.17. The second-order valence-electron chi connectivity index (χ2n) is 4.92. The van der Waals surface area contributed by atoms with Crippen molar-refractivity contribution in [1.29, 1.82) is 0 Å². The van der Waals surface area contributed by atoms with E-state index in [1.54, 1.807) is 19.1 Å². The number of carbonyl (C=O) groups excluding carboxylic acids is 1. The monoisotopic (exact) mass is 320 g/mol. The van der Waals surface area contributed by atoms with Gasteiger partial charge >= 0.3 is 0 Å². The topological polar surface area (TPSA) is 89.2 Å². The lowest BCUT2D eigenvalue weighted by molar-refractivity contribution is -0.121. The van der Waals surface area contributed by atoms with Gasteiger partial charge in [-0.05, 0) is 25.1 Å². The molecule has 0 aliphatic heterocycles. The third-order valence-electron chi connectivity index (χ3n) is 3.53. The van der Waals surface area contributed by atoms with E-state index in [0.717, 1.165) is 4.73 Å². The second kappa shape index (κ2) is 5.03. The van der Waals surface area contributed by atoms with Crippen molar-refractivity contribution in [2.75, 3.05) is 7.05 Å². The lowest BCUT2D eigenvalue weighted by Crippen LogP contribution is -2.25. The number of pyridine rings is 1. The van der Waals surface area contributed by atoms with Crippen molar-refractivity contribution in [3.05, 3.63) is 39.1 Å². The zero-order valence-electron chi connectivity index (χ0n) is 11.9. The van der Waals surface area contributed by atoms with Gasteiger partial charge in [-0.1, -0.05) is 11.6 Å². The molecule has 3 aromatic rings. The average Bonchev–Trinajstić information content (AvgIpc) is 2.81. The lowest BCUT2D eigenvalue weighted by Gasteiger charge is -2.09. The van der Waals surface area contributed by atoms with E-state index < -0.39 is 0 Å². The first-order valence-corrected chi connectivity index (χ1v) is 6.93. The molecule has 22 heavy (non-hydrogen) atoms. The summed E-state index contributed by atoms with van der Waals surface area (Å²) in [5.74, 6) is -0.284. The van der Waals surface area contributed by atoms with Crippen LogP contribution in [0.5, 0.6) is 0 Å². The first kappa shape index (κ1) is 14.4. The molecule has 0 radical (unpaired) electrons. The number of hydrogen-bond acceptors (Lipinski definition) is 4. The van der Waals surface area contributed by atoms with Crippen LogP contribution in [-0.4, -0.2) is 32.7 Å². The molecular weight excluding hydrogens is 308 g/mol. The Labute approximate surface area is 129 Å². The van der Waals surface area contributed by atoms with Crippen LogP contribution < -0.4 is 10.7 Å². The van der Waals surface area contributed by atoms with Gasteiger partial charge in [-0.15, -0.1) is 0 Å². The lowest BCUT2D eigenvalue weighted by atomic mass is 10.1. The Morgan fingerprint density at radius 3 is 2.86 bits per heavy atom. The number of carbonyl (C=O) groups is 1. The van der Waals surface area contributed by atoms with Gasteiger partial charge in [0, 0.05) is 12.1 Å². The molecule has 0 aliphatic rings. The minimum Gasteiger partial charge on any atom is -0.426 e. The van der Waals surface area contributed by atoms with Crippen molar-refractivity contribution in [1.82, 2.24) is 19.8 Å². The molecule has 1 aromatic carbocycles. The van der Waals surface area contributed by atoms with Crippen molar-refractivity contribution < 1.29 is 10.0 Å². The van der Waals surface area contributed by atoms with Crippen molar-refractivity contribution in [3.8, 4) is 0 Å². The Bertz CT molecular complexity index is 974. The smallest absolute Gasteiger partial charge is 0.241 e. The Hall–Kier alpha value is -2.54. The molecule has 0 saturated carbocycles. The predicted molar refractivity (Wildman–Crippen MR) is 82.5 cm³/mol. The number of nitrogens with zero attached hydrogens (tertiary/aromatic N) is 3. The fraction of sp³-hybridized carbons (Fsp3) is 0.214. The molecule has 8 heteroatoms. The summed E-state index contributed by atoms with van der Waals surface area (Å²) in [6, 6.07) is 4.63. The zero-order valence-corrected chi connectivity index (χ0v) is 12.7. The minimum atomic E-state index is -0.284. The second-order valence-corrected chi connectivity index (χ2v) is 5.35. The number of halogens is 1. The van der Waals surface area contributed by atoms with Crippen molar-refractivity contribution >= 4 is 39.4 Å². The number of aromatic nitrogens is 3. The summed E-state index contributed by atoms with van der Waals surface area (Å²) in [5.41, 5.74) is 0.646. The number of amides is 1. The van der Waals surface area contributed by atoms with E-state index in [1.165, 1.54) is 17.8 Å². The van der Waals surface area contributed by atoms with Gasteiger partial charge in [0.2, 0.25) is 11.3 Å². The summed E-state index contributed by atoms with van der Waals surface area (Å²) in [6.45, 7) is 1.56. The Kier molecular flexibility index (Phi) is 3.29. The number of rotatable bonds is 2. The Morgan fingerprint density at radius 1 is 1.45 bits per heavy atom. The number of likely N-dealkylation sites (N-methyl/N-ethyl adjacent to an activating group) is 1. The fourth-order valence-electron chi connectivity index (χ4n) is 2.50. The van der Waals surface area contributed by atoms with Gasteiger partial charge in [0.15, 0.2) is 5.65 Å². The maximum Gasteiger partial charge on any atom is 0.241 e. The molecule has 1 amide bonds. The Balaban J connectivity index is 2.45. The van der Waals surface area contributed by atoms with Gasteiger partial charge in [0.1, 0.15) is 6.54 Å². The molecular formula is C14H13ClN4O3. The van der Waals surface area contributed by atoms with Crippen LogP contribution in [0.4, 0.5) is 0 Å². The van der Waals surface area contributed by atoms with Crippen molar-refractivity contribution in [2.24, 2.45) is 0 Å². The number of fused-ring (bicyclic) bond motifs is 2. The Morgan fingerprint density at radius 2 is 2.18 bits per heavy atom. The third-order valence-corrected chi connectivity index (χ3v) is 3.77. The molecule has 2 aromatic heterocycles. The zero-order chi connectivity index (χ0) is 16.0. The maximum absolute atomic E-state index is 12.6. The van der Waals surface area contributed by atoms with E-state index in [9.17, 15) is 14.8 Å². The maximum atomic E-state index is 12.6. The quantitative estimate of drug-likeness (QED) is 0.696. The van der Waals surface area contributed by atoms with Crippen LogP contribution in [0.1, 0.15) is 5.69 Å². The van der Waals surface area contributed by atoms with E-state index in [0.29, 0.717) is 21.6 Å². The summed E-state index contributed by atoms with van der Waals surface area (Å²) in [7, 11) is 1.50. The molecule has 0 atom stereocenters. The standard InChI is InChI=1S/C14H13ClN4O3/c1-7-12-13(21)9-5-8(15)3-4-10(9)19(22)14(12)18(17-7)6-11(20)16-2/h3-5,22H,6H2,1-2H3,(H,16,20). The van der Waals surface area contributed by atoms with E-state index in [-0.39, 0.29) is 28.9 Å². The summed E-state index contributed by atoms with van der Waals surface area (Å²) in [4.78, 5) is 24.2. The van der Waals surface area contributed by atoms with Crippen LogP contribution in [0.25, 0.3) is 21.9 Å². The van der Waals surface area contributed by atoms with Crippen molar-refractivity contribution in [3.63, 3.8) is 0 Å². The van der Waals surface area contributed by atoms with Gasteiger partial charge in [-0.25, -0.2) is 4.68 Å². The molecule has 3 rings (SSSR count). The molecule has 0 bridgehead atoms. The highest BCUT2D eigenvalue weighted by Gasteiger charge is 2.19. The normalized spacial score (nSPS) is 11.2. The largest absolute Gasteiger partial charge is 0.426 e. The van der Waals surface area contributed by atoms with Gasteiger partial charge in [-0.3, -0.25) is 9.59 Å². The number of aryl methyl sites for hydroxylation is 1. The fourth-order valence-corrected chi connectivity index (χ4v) is 2.67. The van der Waals surface area contributed by atoms with E-state index in [2.05, 4.69) is 10.4 Å². The van der Waals surface area contributed by atoms with E-state index >= 15 is 0 Å². The van der Waals surface area contributed by atoms with Crippen LogP contribution >= 0.6 is 11.6 Å². The van der Waals surface area contributed by atoms with Gasteiger partial charge < -0.3 is 10.5 Å². The molecule has 0 spiro atoms. The van der Waals surface area contributed by atoms with Crippen molar-refractivity contribution in [2.45, 2.75) is 13.5 Å². The molecule has 7 nitrogen and oxygen atoms in total. The average molecular weight is 321 g/mol. The highest BCUT2D eigenvalue weighted by Crippen LogP contribution is 2.22. The highest BCUT2D eigenvalue weighted by molar-refractivity contribution is 6.31. The molecule has 114 valence electrons. The minimum absolute atomic E-state index is 0.0973. The summed E-state index contributed by atoms with van der Waals surface area (Å²) in [5, 5.41) is 18.1.